The maximum Gasteiger partial charge on any atom is 0.410 e. The van der Waals surface area contributed by atoms with Gasteiger partial charge in [0, 0.05) is 150 Å². The van der Waals surface area contributed by atoms with Gasteiger partial charge in [-0.2, -0.15) is 8.42 Å². The van der Waals surface area contributed by atoms with E-state index in [9.17, 15) is 51.9 Å². The van der Waals surface area contributed by atoms with Gasteiger partial charge in [-0.25, -0.2) is 9.59 Å². The molecule has 6 atom stereocenters. The SMILES string of the molecule is CC(C)(C)OC(=O)N1CCC(C2=CC(=O)CC=C2)[C@@H](C(=O)O)C1.COCCCc1cc(CN(C(=O)[C@H]2CN(C(=O)OC(C)(C)C)CCC2C2=CC(=O)CC=C2)C2CC2)cc(Br)c1C.COCCCc1cc(CN(C(=O)[C@H]2CNCCC2C2=CC(=O)CC=C2)C2CC2)cc(Br)c1C.COCCCc1cc(CNC2CC2)cc(Br)c1C.CS(=O)(=O)O.Cl.Cl.ClCCl. The molecule has 4 N–H and O–H groups in total. The highest BCUT2D eigenvalue weighted by Crippen LogP contribution is 2.41. The Hall–Kier alpha value is -5.63. The molecule has 0 aromatic heterocycles. The third-order valence-electron chi connectivity index (χ3n) is 22.5. The number of amides is 4. The first-order valence-corrected chi connectivity index (χ1v) is 47.8. The Morgan fingerprint density at radius 3 is 1.22 bits per heavy atom. The summed E-state index contributed by atoms with van der Waals surface area (Å²) in [7, 11) is 1.55. The summed E-state index contributed by atoms with van der Waals surface area (Å²) in [6, 6.07) is 14.6. The highest BCUT2D eigenvalue weighted by atomic mass is 79.9. The molecule has 23 nitrogen and oxygen atoms in total. The third kappa shape index (κ3) is 37.1. The van der Waals surface area contributed by atoms with Crippen LogP contribution in [0.2, 0.25) is 0 Å². The van der Waals surface area contributed by atoms with Crippen molar-refractivity contribution < 1.29 is 80.1 Å². The zero-order valence-corrected chi connectivity index (χ0v) is 82.9. The zero-order chi connectivity index (χ0) is 89.8. The summed E-state index contributed by atoms with van der Waals surface area (Å²) in [5.74, 6) is -2.09. The summed E-state index contributed by atoms with van der Waals surface area (Å²) in [5, 5.41) is 16.7. The van der Waals surface area contributed by atoms with E-state index >= 15 is 0 Å². The second kappa shape index (κ2) is 52.9. The molecule has 0 bridgehead atoms. The van der Waals surface area contributed by atoms with Crippen molar-refractivity contribution in [3.8, 4) is 0 Å². The highest BCUT2D eigenvalue weighted by molar-refractivity contribution is 9.11. The fraction of sp³-hybridized carbons (Fsp3) is 0.591. The van der Waals surface area contributed by atoms with Gasteiger partial charge in [0.2, 0.25) is 11.8 Å². The standard InChI is InChI=1S/C32H43BrN2O5.C27H35BrN2O3.C17H23NO5.C15H22BrNO.CH2Cl2.CH4O3S.2ClH/c1-21-23(9-7-15-39-5)16-22(17-29(21)33)19-35(25-11-12-25)30(37)28-20-34(31(38)40-32(2,3)4)14-13-27(28)24-8-6-10-26(36)18-24;1-18-20(6-4-12-33-2)13-19(14-26(18)28)17-30(22-8-9-22)27(32)25-16-29-11-10-24(25)21-5-3-7-23(31)15-21;1-17(2,3)23-16(22)18-8-7-13(14(10-18)15(20)21)11-5-4-6-12(19)9-11;1-11-13(4-3-7-18-2)8-12(9-15(11)16)10-17-14-5-6-14;2-1-3;1-5(2,3)4;;/h6,8,16-18,25,27-28H,7,9-15,19-20H2,1-5H3;3,5,13-15,22,24-25,29H,4,6-12,16-17H2,1-2H3;4-5,9,13-14H,6-8,10H2,1-3H3,(H,20,21);8-9,14,17H,3-7,10H2,1-2H3;1H2;1H3,(H,2,3,4);2*1H/t27?,28-;24?,25-;13?,14-;;;;;/m000...../s1. The van der Waals surface area contributed by atoms with E-state index in [1.807, 2.05) is 50.0 Å². The van der Waals surface area contributed by atoms with Gasteiger partial charge in [-0.15, -0.1) is 48.0 Å². The summed E-state index contributed by atoms with van der Waals surface area (Å²) < 4.78 is 55.8. The summed E-state index contributed by atoms with van der Waals surface area (Å²) in [5.41, 5.74) is 12.9. The van der Waals surface area contributed by atoms with Crippen molar-refractivity contribution in [2.24, 2.45) is 35.5 Å². The number of carbonyl (C=O) groups excluding carboxylic acids is 7. The number of nitrogens with one attached hydrogen (secondary N) is 2. The molecule has 9 aliphatic rings. The molecule has 3 aromatic rings. The molecule has 3 saturated heterocycles. The number of ketones is 3. The van der Waals surface area contributed by atoms with Crippen LogP contribution in [0.1, 0.15) is 188 Å². The van der Waals surface area contributed by atoms with Crippen LogP contribution in [-0.2, 0) is 101 Å². The Balaban J connectivity index is 0.000000293. The first-order valence-electron chi connectivity index (χ1n) is 42.5. The van der Waals surface area contributed by atoms with Gasteiger partial charge in [-0.1, -0.05) is 102 Å². The minimum absolute atomic E-state index is 0. The van der Waals surface area contributed by atoms with Crippen LogP contribution in [0, 0.1) is 56.3 Å². The molecule has 3 aliphatic heterocycles. The van der Waals surface area contributed by atoms with Crippen molar-refractivity contribution in [2.75, 3.05) is 92.0 Å². The lowest BCUT2D eigenvalue weighted by atomic mass is 9.77. The normalized spacial score (nSPS) is 20.4. The van der Waals surface area contributed by atoms with Crippen molar-refractivity contribution in [1.82, 2.24) is 30.2 Å². The monoisotopic (exact) mass is 2010 g/mol. The molecule has 6 aliphatic carbocycles. The van der Waals surface area contributed by atoms with Crippen molar-refractivity contribution in [2.45, 2.75) is 227 Å². The summed E-state index contributed by atoms with van der Waals surface area (Å²) in [4.78, 5) is 108. The number of hydrogen-bond donors (Lipinski definition) is 4. The van der Waals surface area contributed by atoms with E-state index in [4.69, 9.17) is 51.4 Å². The molecule has 0 spiro atoms. The van der Waals surface area contributed by atoms with Crippen LogP contribution >= 0.6 is 95.8 Å². The van der Waals surface area contributed by atoms with E-state index in [1.165, 1.54) is 72.8 Å². The number of likely N-dealkylation sites (tertiary alicyclic amines) is 2. The lowest BCUT2D eigenvalue weighted by Gasteiger charge is -2.41. The summed E-state index contributed by atoms with van der Waals surface area (Å²) >= 11 is 20.7. The fourth-order valence-electron chi connectivity index (χ4n) is 15.8. The average molecular weight is 2020 g/mol. The molecule has 3 heterocycles. The van der Waals surface area contributed by atoms with Crippen LogP contribution in [0.4, 0.5) is 9.59 Å². The van der Waals surface area contributed by atoms with E-state index in [0.717, 1.165) is 134 Å². The van der Waals surface area contributed by atoms with Crippen LogP contribution in [0.15, 0.2) is 121 Å². The number of carboxylic acid groups (broad SMARTS) is 1. The quantitative estimate of drug-likeness (QED) is 0.0313. The number of aryl methyl sites for hydroxylation is 3. The van der Waals surface area contributed by atoms with Crippen molar-refractivity contribution in [3.05, 3.63) is 171 Å². The largest absolute Gasteiger partial charge is 0.481 e. The lowest BCUT2D eigenvalue weighted by molar-refractivity contribution is -0.145. The molecule has 4 amide bonds. The highest BCUT2D eigenvalue weighted by Gasteiger charge is 2.46. The average Bonchev–Trinajstić information content (AvgIpc) is 1.45. The van der Waals surface area contributed by atoms with E-state index in [0.29, 0.717) is 83.7 Å². The molecule has 690 valence electrons. The van der Waals surface area contributed by atoms with Gasteiger partial charge in [-0.05, 0) is 280 Å². The number of ether oxygens (including phenoxy) is 5. The lowest BCUT2D eigenvalue weighted by Crippen LogP contribution is -2.52. The van der Waals surface area contributed by atoms with Crippen molar-refractivity contribution in [1.29, 1.82) is 0 Å². The van der Waals surface area contributed by atoms with Gasteiger partial charge in [0.1, 0.15) is 11.2 Å². The van der Waals surface area contributed by atoms with E-state index in [2.05, 4.69) is 127 Å². The van der Waals surface area contributed by atoms with Gasteiger partial charge in [-0.3, -0.25) is 33.3 Å². The first kappa shape index (κ1) is 109. The van der Waals surface area contributed by atoms with Gasteiger partial charge in [0.15, 0.2) is 17.3 Å². The molecule has 31 heteroatoms. The van der Waals surface area contributed by atoms with E-state index in [1.54, 1.807) is 65.2 Å². The molecular formula is C93H131Br3Cl4N6O17S. The van der Waals surface area contributed by atoms with Crippen LogP contribution in [0.25, 0.3) is 0 Å². The second-order valence-corrected chi connectivity index (χ2v) is 39.6. The number of allylic oxidation sites excluding steroid dienone is 12. The minimum Gasteiger partial charge on any atom is -0.481 e. The van der Waals surface area contributed by atoms with Crippen molar-refractivity contribution in [3.63, 3.8) is 0 Å². The van der Waals surface area contributed by atoms with Crippen molar-refractivity contribution >= 4 is 153 Å². The fourth-order valence-corrected chi connectivity index (χ4v) is 17.4. The Labute approximate surface area is 783 Å². The molecule has 12 rings (SSSR count). The molecule has 3 unspecified atom stereocenters. The van der Waals surface area contributed by atoms with Crippen LogP contribution in [-0.4, -0.2) is 206 Å². The van der Waals surface area contributed by atoms with Gasteiger partial charge < -0.3 is 59.0 Å². The Kier molecular flexibility index (Phi) is 46.4. The zero-order valence-electron chi connectivity index (χ0n) is 74.2. The number of carboxylic acids is 1. The maximum atomic E-state index is 14.4. The third-order valence-corrected chi connectivity index (χ3v) is 24.9. The predicted molar refractivity (Wildman–Crippen MR) is 504 cm³/mol. The number of rotatable bonds is 27. The Bertz CT molecular complexity index is 4410. The molecule has 6 fully saturated rings. The number of methoxy groups -OCH3 is 3. The number of halogens is 7. The predicted octanol–water partition coefficient (Wildman–Crippen LogP) is 18.4. The number of benzene rings is 3. The second-order valence-electron chi connectivity index (χ2n) is 34.8. The van der Waals surface area contributed by atoms with Crippen LogP contribution < -0.4 is 10.6 Å². The molecule has 3 aromatic carbocycles. The Morgan fingerprint density at radius 2 is 0.879 bits per heavy atom. The van der Waals surface area contributed by atoms with Crippen LogP contribution in [0.3, 0.4) is 0 Å². The Morgan fingerprint density at radius 1 is 0.540 bits per heavy atom. The van der Waals surface area contributed by atoms with Gasteiger partial charge in [0.05, 0.1) is 29.3 Å². The maximum absolute atomic E-state index is 14.4. The minimum atomic E-state index is -3.67. The number of alkyl halides is 2. The number of hydrogen-bond acceptors (Lipinski definition) is 17. The number of piperidine rings is 3. The topological polar surface area (TPSA) is 294 Å². The summed E-state index contributed by atoms with van der Waals surface area (Å²) in [6.07, 6.45) is 32.2. The van der Waals surface area contributed by atoms with E-state index in [-0.39, 0.29) is 102 Å². The molecule has 3 saturated carbocycles. The van der Waals surface area contributed by atoms with Gasteiger partial charge in [0.25, 0.3) is 10.1 Å². The number of aliphatic carboxylic acids is 1. The molecule has 0 radical (unpaired) electrons. The molecular weight excluding hydrogens is 1890 g/mol. The summed E-state index contributed by atoms with van der Waals surface area (Å²) in [6.45, 7) is 24.6. The van der Waals surface area contributed by atoms with Gasteiger partial charge >= 0.3 is 18.2 Å². The number of carbonyl (C=O) groups is 8. The van der Waals surface area contributed by atoms with Crippen LogP contribution in [0.5, 0.6) is 0 Å². The molecule has 124 heavy (non-hydrogen) atoms. The smallest absolute Gasteiger partial charge is 0.410 e. The first-order chi connectivity index (χ1) is 57.7. The number of nitrogens with zero attached hydrogens (tertiary/aromatic N) is 4. The van der Waals surface area contributed by atoms with E-state index < -0.39 is 51.3 Å².